The molecule has 1 heterocycles. The Hall–Kier alpha value is -2.69. The summed E-state index contributed by atoms with van der Waals surface area (Å²) in [5, 5.41) is 20.7. The molecule has 5 heteroatoms. The number of hydrogen-bond acceptors (Lipinski definition) is 5. The minimum absolute atomic E-state index is 0.0253. The van der Waals surface area contributed by atoms with E-state index in [1.807, 2.05) is 0 Å². The van der Waals surface area contributed by atoms with Gasteiger partial charge >= 0.3 is 5.63 Å². The van der Waals surface area contributed by atoms with E-state index in [0.29, 0.717) is 21.9 Å². The first kappa shape index (κ1) is 11.4. The molecule has 3 aromatic rings. The number of methoxy groups -OCH3 is 1. The van der Waals surface area contributed by atoms with Crippen LogP contribution in [0.4, 0.5) is 0 Å². The van der Waals surface area contributed by atoms with Crippen molar-refractivity contribution < 1.29 is 19.4 Å². The van der Waals surface area contributed by atoms with Crippen LogP contribution >= 0.6 is 0 Å². The van der Waals surface area contributed by atoms with Crippen LogP contribution in [0.1, 0.15) is 0 Å². The lowest BCUT2D eigenvalue weighted by molar-refractivity contribution is 0.398. The highest BCUT2D eigenvalue weighted by molar-refractivity contribution is 6.06. The van der Waals surface area contributed by atoms with Crippen molar-refractivity contribution in [3.8, 4) is 17.2 Å². The molecule has 0 spiro atoms. The van der Waals surface area contributed by atoms with Crippen LogP contribution in [0, 0.1) is 0 Å². The summed E-state index contributed by atoms with van der Waals surface area (Å²) in [6, 6.07) is 7.93. The van der Waals surface area contributed by atoms with Crippen LogP contribution in [0.5, 0.6) is 17.2 Å². The van der Waals surface area contributed by atoms with Crippen molar-refractivity contribution in [1.29, 1.82) is 0 Å². The zero-order chi connectivity index (χ0) is 13.6. The number of rotatable bonds is 1. The molecular weight excluding hydrogens is 248 g/mol. The molecule has 2 N–H and O–H groups in total. The van der Waals surface area contributed by atoms with Gasteiger partial charge in [-0.05, 0) is 30.3 Å². The van der Waals surface area contributed by atoms with E-state index >= 15 is 0 Å². The predicted octanol–water partition coefficient (Wildman–Crippen LogP) is 2.37. The van der Waals surface area contributed by atoms with Gasteiger partial charge in [-0.25, -0.2) is 4.79 Å². The summed E-state index contributed by atoms with van der Waals surface area (Å²) in [5.41, 5.74) is -0.620. The van der Waals surface area contributed by atoms with Crippen LogP contribution in [0.25, 0.3) is 21.7 Å². The van der Waals surface area contributed by atoms with Crippen molar-refractivity contribution in [3.05, 3.63) is 40.8 Å². The molecule has 0 unspecified atom stereocenters. The van der Waals surface area contributed by atoms with Crippen LogP contribution in [0.15, 0.2) is 39.5 Å². The highest BCUT2D eigenvalue weighted by atomic mass is 16.5. The highest BCUT2D eigenvalue weighted by Gasteiger charge is 2.13. The van der Waals surface area contributed by atoms with Crippen LogP contribution in [-0.4, -0.2) is 17.3 Å². The second kappa shape index (κ2) is 3.91. The number of phenolic OH excluding ortho intramolecular Hbond substituents is 2. The van der Waals surface area contributed by atoms with Gasteiger partial charge in [0.25, 0.3) is 0 Å². The number of benzene rings is 2. The quantitative estimate of drug-likeness (QED) is 0.398. The molecular formula is C14H10O5. The first-order valence-electron chi connectivity index (χ1n) is 5.57. The van der Waals surface area contributed by atoms with Crippen molar-refractivity contribution in [1.82, 2.24) is 0 Å². The van der Waals surface area contributed by atoms with E-state index in [9.17, 15) is 15.0 Å². The SMILES string of the molecule is COc1ccc2c(c1)c(=O)oc1c(O)c(O)ccc12. The normalized spacial score (nSPS) is 11.0. The van der Waals surface area contributed by atoms with E-state index in [2.05, 4.69) is 0 Å². The van der Waals surface area contributed by atoms with E-state index in [1.165, 1.54) is 13.2 Å². The third kappa shape index (κ3) is 1.59. The summed E-state index contributed by atoms with van der Waals surface area (Å²) in [6.45, 7) is 0. The van der Waals surface area contributed by atoms with Crippen molar-refractivity contribution in [2.24, 2.45) is 0 Å². The molecule has 0 saturated heterocycles. The molecule has 0 atom stereocenters. The molecule has 2 aromatic carbocycles. The summed E-state index contributed by atoms with van der Waals surface area (Å²) in [7, 11) is 1.51. The molecule has 0 amide bonds. The molecule has 3 rings (SSSR count). The molecule has 0 bridgehead atoms. The number of phenols is 2. The van der Waals surface area contributed by atoms with E-state index in [1.54, 1.807) is 24.3 Å². The van der Waals surface area contributed by atoms with Gasteiger partial charge in [-0.15, -0.1) is 0 Å². The molecule has 0 aliphatic rings. The minimum atomic E-state index is -0.595. The molecule has 0 aliphatic heterocycles. The van der Waals surface area contributed by atoms with Gasteiger partial charge in [-0.3, -0.25) is 0 Å². The van der Waals surface area contributed by atoms with Crippen molar-refractivity contribution in [2.45, 2.75) is 0 Å². The van der Waals surface area contributed by atoms with E-state index in [-0.39, 0.29) is 11.3 Å². The Morgan fingerprint density at radius 3 is 2.53 bits per heavy atom. The Kier molecular flexibility index (Phi) is 2.35. The first-order valence-corrected chi connectivity index (χ1v) is 5.57. The Bertz CT molecular complexity index is 848. The van der Waals surface area contributed by atoms with Gasteiger partial charge < -0.3 is 19.4 Å². The largest absolute Gasteiger partial charge is 0.504 e. The highest BCUT2D eigenvalue weighted by Crippen LogP contribution is 2.36. The fourth-order valence-corrected chi connectivity index (χ4v) is 2.08. The summed E-state index contributed by atoms with van der Waals surface area (Å²) < 4.78 is 10.1. The Morgan fingerprint density at radius 1 is 1.05 bits per heavy atom. The lowest BCUT2D eigenvalue weighted by Gasteiger charge is -2.06. The summed E-state index contributed by atoms with van der Waals surface area (Å²) >= 11 is 0. The lowest BCUT2D eigenvalue weighted by Crippen LogP contribution is -2.00. The van der Waals surface area contributed by atoms with Crippen LogP contribution in [-0.2, 0) is 0 Å². The van der Waals surface area contributed by atoms with Gasteiger partial charge in [0.2, 0.25) is 5.75 Å². The summed E-state index contributed by atoms with van der Waals surface area (Å²) in [5.74, 6) is -0.224. The number of hydrogen-bond donors (Lipinski definition) is 2. The van der Waals surface area contributed by atoms with Gasteiger partial charge in [-0.1, -0.05) is 0 Å². The van der Waals surface area contributed by atoms with Crippen LogP contribution < -0.4 is 10.4 Å². The topological polar surface area (TPSA) is 79.9 Å². The second-order valence-electron chi connectivity index (χ2n) is 4.11. The third-order valence-electron chi connectivity index (χ3n) is 3.04. The zero-order valence-corrected chi connectivity index (χ0v) is 10.0. The van der Waals surface area contributed by atoms with Gasteiger partial charge in [0.1, 0.15) is 5.75 Å². The Labute approximate surface area is 107 Å². The fourth-order valence-electron chi connectivity index (χ4n) is 2.08. The van der Waals surface area contributed by atoms with Gasteiger partial charge in [0, 0.05) is 10.8 Å². The predicted molar refractivity (Wildman–Crippen MR) is 69.9 cm³/mol. The number of aromatic hydroxyl groups is 2. The van der Waals surface area contributed by atoms with Gasteiger partial charge in [0.05, 0.1) is 12.5 Å². The molecule has 96 valence electrons. The Morgan fingerprint density at radius 2 is 1.79 bits per heavy atom. The van der Waals surface area contributed by atoms with Crippen LogP contribution in [0.3, 0.4) is 0 Å². The summed E-state index contributed by atoms with van der Waals surface area (Å²) in [6.07, 6.45) is 0. The molecule has 19 heavy (non-hydrogen) atoms. The van der Waals surface area contributed by atoms with Gasteiger partial charge in [0.15, 0.2) is 11.3 Å². The second-order valence-corrected chi connectivity index (χ2v) is 4.11. The number of fused-ring (bicyclic) bond motifs is 3. The standard InChI is InChI=1S/C14H10O5/c1-18-7-2-3-8-9-4-5-11(15)12(16)13(9)19-14(17)10(8)6-7/h2-6,15-16H,1H3. The van der Waals surface area contributed by atoms with E-state index < -0.39 is 11.4 Å². The molecule has 0 fully saturated rings. The maximum atomic E-state index is 11.9. The maximum absolute atomic E-state index is 11.9. The van der Waals surface area contributed by atoms with Crippen LogP contribution in [0.2, 0.25) is 0 Å². The average Bonchev–Trinajstić information content (AvgIpc) is 2.43. The lowest BCUT2D eigenvalue weighted by atomic mass is 10.1. The molecule has 0 radical (unpaired) electrons. The monoisotopic (exact) mass is 258 g/mol. The van der Waals surface area contributed by atoms with Crippen molar-refractivity contribution >= 4 is 21.7 Å². The first-order chi connectivity index (χ1) is 9.11. The van der Waals surface area contributed by atoms with Gasteiger partial charge in [-0.2, -0.15) is 0 Å². The zero-order valence-electron chi connectivity index (χ0n) is 10.0. The van der Waals surface area contributed by atoms with Crippen molar-refractivity contribution in [3.63, 3.8) is 0 Å². The minimum Gasteiger partial charge on any atom is -0.504 e. The molecule has 0 saturated carbocycles. The number of ether oxygens (including phenoxy) is 1. The Balaban J connectivity index is 2.54. The third-order valence-corrected chi connectivity index (χ3v) is 3.04. The summed E-state index contributed by atoms with van der Waals surface area (Å²) in [4.78, 5) is 11.9. The smallest absolute Gasteiger partial charge is 0.344 e. The fraction of sp³-hybridized carbons (Fsp3) is 0.0714. The molecule has 1 aromatic heterocycles. The maximum Gasteiger partial charge on any atom is 0.344 e. The van der Waals surface area contributed by atoms with E-state index in [0.717, 1.165) is 0 Å². The molecule has 0 aliphatic carbocycles. The van der Waals surface area contributed by atoms with Crippen molar-refractivity contribution in [2.75, 3.05) is 7.11 Å². The van der Waals surface area contributed by atoms with E-state index in [4.69, 9.17) is 9.15 Å². The molecule has 5 nitrogen and oxygen atoms in total. The average molecular weight is 258 g/mol.